The zero-order chi connectivity index (χ0) is 17.7. The third-order valence-electron chi connectivity index (χ3n) is 4.08. The van der Waals surface area contributed by atoms with Crippen LogP contribution in [0.25, 0.3) is 0 Å². The Morgan fingerprint density at radius 1 is 1.25 bits per heavy atom. The minimum atomic E-state index is -0.595. The van der Waals surface area contributed by atoms with E-state index in [9.17, 15) is 9.59 Å². The Balaban J connectivity index is 2.19. The summed E-state index contributed by atoms with van der Waals surface area (Å²) in [5.74, 6) is -0.320. The lowest BCUT2D eigenvalue weighted by molar-refractivity contribution is 0.0524. The average molecular weight is 352 g/mol. The van der Waals surface area contributed by atoms with Crippen LogP contribution in [0.15, 0.2) is 4.42 Å². The molecule has 24 heavy (non-hydrogen) atoms. The summed E-state index contributed by atoms with van der Waals surface area (Å²) in [5, 5.41) is 6.55. The van der Waals surface area contributed by atoms with Crippen molar-refractivity contribution in [1.82, 2.24) is 5.32 Å². The van der Waals surface area contributed by atoms with Crippen LogP contribution in [0.1, 0.15) is 72.4 Å². The van der Waals surface area contributed by atoms with Gasteiger partial charge in [-0.2, -0.15) is 0 Å². The van der Waals surface area contributed by atoms with Crippen molar-refractivity contribution in [2.75, 3.05) is 11.9 Å². The molecule has 0 aliphatic heterocycles. The minimum Gasteiger partial charge on any atom is -0.462 e. The van der Waals surface area contributed by atoms with Crippen LogP contribution in [0.4, 0.5) is 5.88 Å². The molecule has 7 heteroatoms. The summed E-state index contributed by atoms with van der Waals surface area (Å²) in [6.45, 7) is 4.95. The SMILES string of the molecule is CCOC(=O)c1c(NC(=S)NC2CCCCC2)oc(C)c1C(C)=O. The summed E-state index contributed by atoms with van der Waals surface area (Å²) in [6, 6.07) is 0.327. The lowest BCUT2D eigenvalue weighted by Crippen LogP contribution is -2.39. The highest BCUT2D eigenvalue weighted by Gasteiger charge is 2.28. The molecule has 132 valence electrons. The van der Waals surface area contributed by atoms with E-state index in [1.807, 2.05) is 0 Å². The zero-order valence-electron chi connectivity index (χ0n) is 14.4. The maximum absolute atomic E-state index is 12.2. The van der Waals surface area contributed by atoms with Gasteiger partial charge < -0.3 is 19.8 Å². The van der Waals surface area contributed by atoms with Crippen LogP contribution in [-0.4, -0.2) is 29.5 Å². The van der Waals surface area contributed by atoms with Crippen LogP contribution < -0.4 is 10.6 Å². The summed E-state index contributed by atoms with van der Waals surface area (Å²) in [7, 11) is 0. The van der Waals surface area contributed by atoms with Crippen molar-refractivity contribution in [3.05, 3.63) is 16.9 Å². The summed E-state index contributed by atoms with van der Waals surface area (Å²) >= 11 is 5.33. The van der Waals surface area contributed by atoms with Crippen molar-refractivity contribution in [2.45, 2.75) is 58.9 Å². The lowest BCUT2D eigenvalue weighted by atomic mass is 9.96. The molecule has 1 aromatic heterocycles. The summed E-state index contributed by atoms with van der Waals surface area (Å²) in [6.07, 6.45) is 5.76. The highest BCUT2D eigenvalue weighted by molar-refractivity contribution is 7.80. The van der Waals surface area contributed by atoms with Gasteiger partial charge in [0.15, 0.2) is 10.9 Å². The minimum absolute atomic E-state index is 0.106. The number of anilines is 1. The number of hydrogen-bond donors (Lipinski definition) is 2. The summed E-state index contributed by atoms with van der Waals surface area (Å²) in [5.41, 5.74) is 0.339. The van der Waals surface area contributed by atoms with Gasteiger partial charge in [0.2, 0.25) is 5.88 Å². The van der Waals surface area contributed by atoms with Gasteiger partial charge in [0.25, 0.3) is 0 Å². The Morgan fingerprint density at radius 3 is 2.50 bits per heavy atom. The molecule has 0 radical (unpaired) electrons. The van der Waals surface area contributed by atoms with E-state index in [1.54, 1.807) is 13.8 Å². The number of esters is 1. The van der Waals surface area contributed by atoms with Crippen molar-refractivity contribution in [2.24, 2.45) is 0 Å². The monoisotopic (exact) mass is 352 g/mol. The van der Waals surface area contributed by atoms with Gasteiger partial charge >= 0.3 is 5.97 Å². The van der Waals surface area contributed by atoms with Crippen molar-refractivity contribution >= 4 is 35.0 Å². The lowest BCUT2D eigenvalue weighted by Gasteiger charge is -2.24. The second-order valence-corrected chi connectivity index (χ2v) is 6.36. The molecule has 1 fully saturated rings. The molecule has 1 heterocycles. The number of hydrogen-bond acceptors (Lipinski definition) is 5. The van der Waals surface area contributed by atoms with Gasteiger partial charge in [-0.25, -0.2) is 4.79 Å². The number of nitrogens with one attached hydrogen (secondary N) is 2. The number of ether oxygens (including phenoxy) is 1. The van der Waals surface area contributed by atoms with E-state index in [0.29, 0.717) is 16.9 Å². The molecule has 0 saturated heterocycles. The topological polar surface area (TPSA) is 80.6 Å². The Kier molecular flexibility index (Phi) is 6.36. The number of aryl methyl sites for hydroxylation is 1. The highest BCUT2D eigenvalue weighted by Crippen LogP contribution is 2.28. The maximum Gasteiger partial charge on any atom is 0.344 e. The molecular weight excluding hydrogens is 328 g/mol. The van der Waals surface area contributed by atoms with Crippen LogP contribution >= 0.6 is 12.2 Å². The molecule has 0 bridgehead atoms. The van der Waals surface area contributed by atoms with E-state index >= 15 is 0 Å². The molecule has 1 aliphatic rings. The number of Topliss-reactive ketones (excluding diaryl/α,β-unsaturated/α-hetero) is 1. The third kappa shape index (κ3) is 4.35. The van der Waals surface area contributed by atoms with Gasteiger partial charge in [0, 0.05) is 6.04 Å². The molecule has 0 unspecified atom stereocenters. The van der Waals surface area contributed by atoms with E-state index in [4.69, 9.17) is 21.4 Å². The molecule has 2 N–H and O–H groups in total. The summed E-state index contributed by atoms with van der Waals surface area (Å²) < 4.78 is 10.6. The van der Waals surface area contributed by atoms with Gasteiger partial charge in [-0.1, -0.05) is 19.3 Å². The Labute approximate surface area is 147 Å². The number of ketones is 1. The number of thiocarbonyl (C=S) groups is 1. The number of rotatable bonds is 5. The average Bonchev–Trinajstić information content (AvgIpc) is 2.84. The van der Waals surface area contributed by atoms with Gasteiger partial charge in [-0.15, -0.1) is 0 Å². The molecular formula is C17H24N2O4S. The molecule has 2 rings (SSSR count). The molecule has 1 aliphatic carbocycles. The first-order chi connectivity index (χ1) is 11.4. The highest BCUT2D eigenvalue weighted by atomic mass is 32.1. The maximum atomic E-state index is 12.2. The smallest absolute Gasteiger partial charge is 0.344 e. The van der Waals surface area contributed by atoms with Gasteiger partial charge in [-0.3, -0.25) is 4.79 Å². The fourth-order valence-corrected chi connectivity index (χ4v) is 3.29. The van der Waals surface area contributed by atoms with Crippen LogP contribution in [0.5, 0.6) is 0 Å². The Morgan fingerprint density at radius 2 is 1.92 bits per heavy atom. The number of furan rings is 1. The van der Waals surface area contributed by atoms with Crippen molar-refractivity contribution in [3.8, 4) is 0 Å². The Hall–Kier alpha value is -1.89. The van der Waals surface area contributed by atoms with E-state index in [1.165, 1.54) is 26.2 Å². The van der Waals surface area contributed by atoms with Crippen molar-refractivity contribution in [3.63, 3.8) is 0 Å². The van der Waals surface area contributed by atoms with Crippen LogP contribution in [0.2, 0.25) is 0 Å². The zero-order valence-corrected chi connectivity index (χ0v) is 15.2. The fraction of sp³-hybridized carbons (Fsp3) is 0.588. The van der Waals surface area contributed by atoms with E-state index in [0.717, 1.165) is 12.8 Å². The normalized spacial score (nSPS) is 15.0. The van der Waals surface area contributed by atoms with E-state index < -0.39 is 5.97 Å². The summed E-state index contributed by atoms with van der Waals surface area (Å²) in [4.78, 5) is 24.1. The quantitative estimate of drug-likeness (QED) is 0.476. The second kappa shape index (κ2) is 8.28. The fourth-order valence-electron chi connectivity index (χ4n) is 3.03. The third-order valence-corrected chi connectivity index (χ3v) is 4.30. The largest absolute Gasteiger partial charge is 0.462 e. The van der Waals surface area contributed by atoms with Crippen molar-refractivity contribution < 1.29 is 18.7 Å². The first kappa shape index (κ1) is 18.4. The van der Waals surface area contributed by atoms with Crippen LogP contribution in [-0.2, 0) is 4.74 Å². The number of carbonyl (C=O) groups is 2. The molecule has 1 saturated carbocycles. The van der Waals surface area contributed by atoms with Crippen LogP contribution in [0.3, 0.4) is 0 Å². The first-order valence-corrected chi connectivity index (χ1v) is 8.73. The standard InChI is InChI=1S/C17H24N2O4S/c1-4-22-16(21)14-13(10(2)20)11(3)23-15(14)19-17(24)18-12-8-6-5-7-9-12/h12H,4-9H2,1-3H3,(H2,18,19,24). The molecule has 0 amide bonds. The molecule has 6 nitrogen and oxygen atoms in total. The van der Waals surface area contributed by atoms with Crippen molar-refractivity contribution in [1.29, 1.82) is 0 Å². The second-order valence-electron chi connectivity index (χ2n) is 5.95. The number of carbonyl (C=O) groups excluding carboxylic acids is 2. The molecule has 0 atom stereocenters. The molecule has 0 spiro atoms. The predicted octanol–water partition coefficient (Wildman–Crippen LogP) is 3.59. The Bertz CT molecular complexity index is 633. The van der Waals surface area contributed by atoms with Gasteiger partial charge in [-0.05, 0) is 45.8 Å². The predicted molar refractivity (Wildman–Crippen MR) is 95.6 cm³/mol. The van der Waals surface area contributed by atoms with Gasteiger partial charge in [0.05, 0.1) is 12.2 Å². The van der Waals surface area contributed by atoms with Crippen LogP contribution in [0, 0.1) is 6.92 Å². The van der Waals surface area contributed by atoms with E-state index in [2.05, 4.69) is 10.6 Å². The van der Waals surface area contributed by atoms with E-state index in [-0.39, 0.29) is 29.4 Å². The first-order valence-electron chi connectivity index (χ1n) is 8.33. The molecule has 0 aromatic carbocycles. The molecule has 1 aromatic rings. The van der Waals surface area contributed by atoms with Gasteiger partial charge in [0.1, 0.15) is 11.3 Å².